The molecule has 0 saturated carbocycles. The quantitative estimate of drug-likeness (QED) is 0.891. The number of nitrogens with one attached hydrogen (secondary N) is 1. The van der Waals surface area contributed by atoms with Gasteiger partial charge in [-0.05, 0) is 29.7 Å². The second kappa shape index (κ2) is 8.11. The molecule has 23 heavy (non-hydrogen) atoms. The average Bonchev–Trinajstić information content (AvgIpc) is 2.59. The number of carbonyl (C=O) groups excluding carboxylic acids is 1. The number of amides is 1. The van der Waals surface area contributed by atoms with Crippen molar-refractivity contribution in [1.82, 2.24) is 10.2 Å². The van der Waals surface area contributed by atoms with Gasteiger partial charge >= 0.3 is 0 Å². The van der Waals surface area contributed by atoms with Gasteiger partial charge in [-0.15, -0.1) is 0 Å². The molecule has 0 heterocycles. The summed E-state index contributed by atoms with van der Waals surface area (Å²) in [6, 6.07) is 19.2. The van der Waals surface area contributed by atoms with Crippen LogP contribution in [0.1, 0.15) is 16.7 Å². The lowest BCUT2D eigenvalue weighted by Crippen LogP contribution is -2.44. The van der Waals surface area contributed by atoms with Crippen LogP contribution in [0.15, 0.2) is 54.6 Å². The third kappa shape index (κ3) is 4.94. The molecular formula is C19H21N3O. The van der Waals surface area contributed by atoms with Crippen molar-refractivity contribution in [3.8, 4) is 6.07 Å². The Kier molecular flexibility index (Phi) is 5.90. The van der Waals surface area contributed by atoms with Gasteiger partial charge in [0.15, 0.2) is 0 Å². The maximum Gasteiger partial charge on any atom is 0.239 e. The van der Waals surface area contributed by atoms with Crippen LogP contribution in [0, 0.1) is 11.3 Å². The van der Waals surface area contributed by atoms with Gasteiger partial charge < -0.3 is 10.2 Å². The van der Waals surface area contributed by atoms with Crippen LogP contribution >= 0.6 is 0 Å². The molecule has 2 aromatic carbocycles. The van der Waals surface area contributed by atoms with Crippen LogP contribution in [0.5, 0.6) is 0 Å². The lowest BCUT2D eigenvalue weighted by atomic mass is 10.0. The molecule has 0 bridgehead atoms. The summed E-state index contributed by atoms with van der Waals surface area (Å²) >= 11 is 0. The summed E-state index contributed by atoms with van der Waals surface area (Å²) in [6.07, 6.45) is 0.635. The fraction of sp³-hybridized carbons (Fsp3) is 0.263. The number of likely N-dealkylation sites (N-methyl/N-ethyl adjacent to an activating group) is 1. The molecular weight excluding hydrogens is 286 g/mol. The SMILES string of the molecule is CN(C)C(=O)C(Cc1ccccc1)NCc1cccc(C#N)c1. The first-order chi connectivity index (χ1) is 11.1. The minimum Gasteiger partial charge on any atom is -0.347 e. The average molecular weight is 307 g/mol. The molecule has 0 radical (unpaired) electrons. The van der Waals surface area contributed by atoms with E-state index in [1.807, 2.05) is 48.5 Å². The third-order valence-electron chi connectivity index (χ3n) is 3.63. The Labute approximate surface area is 137 Å². The van der Waals surface area contributed by atoms with Crippen LogP contribution in [0.2, 0.25) is 0 Å². The Bertz CT molecular complexity index is 689. The van der Waals surface area contributed by atoms with E-state index in [0.717, 1.165) is 11.1 Å². The zero-order valence-corrected chi connectivity index (χ0v) is 13.5. The Balaban J connectivity index is 2.08. The van der Waals surface area contributed by atoms with E-state index in [1.54, 1.807) is 25.1 Å². The molecule has 0 fully saturated rings. The molecule has 2 aromatic rings. The zero-order valence-electron chi connectivity index (χ0n) is 13.5. The zero-order chi connectivity index (χ0) is 16.7. The molecule has 1 atom stereocenters. The molecule has 0 saturated heterocycles. The Morgan fingerprint density at radius 2 is 1.83 bits per heavy atom. The molecule has 1 amide bonds. The van der Waals surface area contributed by atoms with Gasteiger partial charge in [-0.2, -0.15) is 5.26 Å². The maximum atomic E-state index is 12.4. The molecule has 4 heteroatoms. The molecule has 118 valence electrons. The Hall–Kier alpha value is -2.64. The highest BCUT2D eigenvalue weighted by Crippen LogP contribution is 2.08. The van der Waals surface area contributed by atoms with E-state index in [-0.39, 0.29) is 11.9 Å². The number of nitriles is 1. The topological polar surface area (TPSA) is 56.1 Å². The minimum atomic E-state index is -0.293. The van der Waals surface area contributed by atoms with Gasteiger partial charge in [-0.3, -0.25) is 4.79 Å². The van der Waals surface area contributed by atoms with Crippen molar-refractivity contribution in [2.24, 2.45) is 0 Å². The lowest BCUT2D eigenvalue weighted by Gasteiger charge is -2.22. The predicted octanol–water partition coefficient (Wildman–Crippen LogP) is 2.35. The van der Waals surface area contributed by atoms with Gasteiger partial charge in [0, 0.05) is 20.6 Å². The number of hydrogen-bond acceptors (Lipinski definition) is 3. The van der Waals surface area contributed by atoms with Gasteiger partial charge in [0.2, 0.25) is 5.91 Å². The van der Waals surface area contributed by atoms with E-state index in [2.05, 4.69) is 11.4 Å². The summed E-state index contributed by atoms with van der Waals surface area (Å²) in [5.74, 6) is 0.0466. The summed E-state index contributed by atoms with van der Waals surface area (Å²) in [4.78, 5) is 14.0. The standard InChI is InChI=1S/C19H21N3O/c1-22(2)19(23)18(12-15-7-4-3-5-8-15)21-14-17-10-6-9-16(11-17)13-20/h3-11,18,21H,12,14H2,1-2H3. The first kappa shape index (κ1) is 16.7. The maximum absolute atomic E-state index is 12.4. The highest BCUT2D eigenvalue weighted by atomic mass is 16.2. The van der Waals surface area contributed by atoms with Crippen LogP contribution in [0.25, 0.3) is 0 Å². The highest BCUT2D eigenvalue weighted by molar-refractivity contribution is 5.81. The van der Waals surface area contributed by atoms with Crippen molar-refractivity contribution in [2.75, 3.05) is 14.1 Å². The van der Waals surface area contributed by atoms with Crippen molar-refractivity contribution in [2.45, 2.75) is 19.0 Å². The molecule has 0 spiro atoms. The van der Waals surface area contributed by atoms with Crippen molar-refractivity contribution < 1.29 is 4.79 Å². The normalized spacial score (nSPS) is 11.5. The van der Waals surface area contributed by atoms with E-state index in [1.165, 1.54) is 0 Å². The Morgan fingerprint density at radius 1 is 1.13 bits per heavy atom. The van der Waals surface area contributed by atoms with Gasteiger partial charge in [-0.25, -0.2) is 0 Å². The highest BCUT2D eigenvalue weighted by Gasteiger charge is 2.20. The molecule has 0 aliphatic carbocycles. The van der Waals surface area contributed by atoms with Gasteiger partial charge in [-0.1, -0.05) is 42.5 Å². The minimum absolute atomic E-state index is 0.0466. The number of rotatable bonds is 6. The van der Waals surface area contributed by atoms with Crippen LogP contribution in [0.3, 0.4) is 0 Å². The summed E-state index contributed by atoms with van der Waals surface area (Å²) in [7, 11) is 3.52. The third-order valence-corrected chi connectivity index (χ3v) is 3.63. The first-order valence-electron chi connectivity index (χ1n) is 7.57. The number of hydrogen-bond donors (Lipinski definition) is 1. The fourth-order valence-electron chi connectivity index (χ4n) is 2.40. The molecule has 0 aromatic heterocycles. The largest absolute Gasteiger partial charge is 0.347 e. The van der Waals surface area contributed by atoms with E-state index in [9.17, 15) is 4.79 Å². The van der Waals surface area contributed by atoms with Crippen LogP contribution in [-0.2, 0) is 17.8 Å². The van der Waals surface area contributed by atoms with Crippen LogP contribution < -0.4 is 5.32 Å². The second-order valence-electron chi connectivity index (χ2n) is 5.67. The molecule has 2 rings (SSSR count). The van der Waals surface area contributed by atoms with Gasteiger partial charge in [0.25, 0.3) is 0 Å². The summed E-state index contributed by atoms with van der Waals surface area (Å²) in [5.41, 5.74) is 2.74. The second-order valence-corrected chi connectivity index (χ2v) is 5.67. The van der Waals surface area contributed by atoms with Crippen molar-refractivity contribution in [3.05, 3.63) is 71.3 Å². The van der Waals surface area contributed by atoms with E-state index in [4.69, 9.17) is 5.26 Å². The monoisotopic (exact) mass is 307 g/mol. The number of benzene rings is 2. The van der Waals surface area contributed by atoms with Crippen LogP contribution in [-0.4, -0.2) is 30.9 Å². The van der Waals surface area contributed by atoms with Gasteiger partial charge in [0.1, 0.15) is 0 Å². The Morgan fingerprint density at radius 3 is 2.48 bits per heavy atom. The number of carbonyl (C=O) groups is 1. The van der Waals surface area contributed by atoms with Crippen molar-refractivity contribution in [3.63, 3.8) is 0 Å². The van der Waals surface area contributed by atoms with Crippen molar-refractivity contribution >= 4 is 5.91 Å². The lowest BCUT2D eigenvalue weighted by molar-refractivity contribution is -0.130. The summed E-state index contributed by atoms with van der Waals surface area (Å²) in [6.45, 7) is 0.548. The van der Waals surface area contributed by atoms with Crippen LogP contribution in [0.4, 0.5) is 0 Å². The smallest absolute Gasteiger partial charge is 0.239 e. The predicted molar refractivity (Wildman–Crippen MR) is 90.6 cm³/mol. The molecule has 0 aliphatic rings. The summed E-state index contributed by atoms with van der Waals surface area (Å²) < 4.78 is 0. The van der Waals surface area contributed by atoms with E-state index in [0.29, 0.717) is 18.5 Å². The van der Waals surface area contributed by atoms with E-state index >= 15 is 0 Å². The van der Waals surface area contributed by atoms with Gasteiger partial charge in [0.05, 0.1) is 17.7 Å². The number of nitrogens with zero attached hydrogens (tertiary/aromatic N) is 2. The molecule has 4 nitrogen and oxygen atoms in total. The summed E-state index contributed by atoms with van der Waals surface area (Å²) in [5, 5.41) is 12.3. The fourth-order valence-corrected chi connectivity index (χ4v) is 2.40. The molecule has 1 N–H and O–H groups in total. The van der Waals surface area contributed by atoms with E-state index < -0.39 is 0 Å². The first-order valence-corrected chi connectivity index (χ1v) is 7.57. The molecule has 1 unspecified atom stereocenters. The molecule has 0 aliphatic heterocycles. The van der Waals surface area contributed by atoms with Crippen molar-refractivity contribution in [1.29, 1.82) is 5.26 Å².